The SMILES string of the molecule is Cc1ccc(C(=O)c2sc(C)cc2C)o1. The van der Waals surface area contributed by atoms with Gasteiger partial charge in [-0.1, -0.05) is 0 Å². The Labute approximate surface area is 92.5 Å². The Morgan fingerprint density at radius 2 is 2.00 bits per heavy atom. The van der Waals surface area contributed by atoms with Crippen LogP contribution < -0.4 is 0 Å². The molecule has 0 aliphatic carbocycles. The van der Waals surface area contributed by atoms with E-state index < -0.39 is 0 Å². The molecule has 0 atom stereocenters. The van der Waals surface area contributed by atoms with E-state index in [-0.39, 0.29) is 5.78 Å². The van der Waals surface area contributed by atoms with Gasteiger partial charge in [-0.05, 0) is 44.5 Å². The molecule has 0 amide bonds. The minimum atomic E-state index is -0.0151. The van der Waals surface area contributed by atoms with Crippen molar-refractivity contribution in [1.29, 1.82) is 0 Å². The molecule has 0 fully saturated rings. The zero-order valence-electron chi connectivity index (χ0n) is 8.96. The van der Waals surface area contributed by atoms with Crippen LogP contribution >= 0.6 is 11.3 Å². The van der Waals surface area contributed by atoms with Crippen LogP contribution in [0.1, 0.15) is 31.6 Å². The lowest BCUT2D eigenvalue weighted by Crippen LogP contribution is -1.97. The molecule has 2 aromatic rings. The highest BCUT2D eigenvalue weighted by molar-refractivity contribution is 7.14. The van der Waals surface area contributed by atoms with Crippen LogP contribution in [0.5, 0.6) is 0 Å². The molecule has 3 heteroatoms. The molecule has 2 aromatic heterocycles. The third-order valence-corrected chi connectivity index (χ3v) is 3.36. The lowest BCUT2D eigenvalue weighted by atomic mass is 10.2. The van der Waals surface area contributed by atoms with Gasteiger partial charge in [0.25, 0.3) is 0 Å². The maximum Gasteiger partial charge on any atom is 0.238 e. The van der Waals surface area contributed by atoms with Crippen LogP contribution in [0.15, 0.2) is 22.6 Å². The first kappa shape index (κ1) is 10.2. The lowest BCUT2D eigenvalue weighted by Gasteiger charge is -1.94. The second-order valence-corrected chi connectivity index (χ2v) is 4.86. The predicted octanol–water partition coefficient (Wildman–Crippen LogP) is 3.50. The Hall–Kier alpha value is -1.35. The number of hydrogen-bond acceptors (Lipinski definition) is 3. The fourth-order valence-corrected chi connectivity index (χ4v) is 2.51. The third-order valence-electron chi connectivity index (χ3n) is 2.21. The van der Waals surface area contributed by atoms with Gasteiger partial charge in [0.15, 0.2) is 5.76 Å². The van der Waals surface area contributed by atoms with E-state index in [0.717, 1.165) is 21.1 Å². The number of ketones is 1. The summed E-state index contributed by atoms with van der Waals surface area (Å²) < 4.78 is 5.32. The van der Waals surface area contributed by atoms with E-state index in [2.05, 4.69) is 0 Å². The number of furan rings is 1. The monoisotopic (exact) mass is 220 g/mol. The van der Waals surface area contributed by atoms with Crippen molar-refractivity contribution in [3.8, 4) is 0 Å². The Kier molecular flexibility index (Phi) is 2.49. The molecule has 0 bridgehead atoms. The molecule has 0 saturated carbocycles. The maximum absolute atomic E-state index is 12.0. The number of aryl methyl sites for hydroxylation is 3. The van der Waals surface area contributed by atoms with E-state index in [0.29, 0.717) is 5.76 Å². The van der Waals surface area contributed by atoms with Gasteiger partial charge in [-0.15, -0.1) is 11.3 Å². The first-order chi connectivity index (χ1) is 7.08. The molecule has 0 radical (unpaired) electrons. The summed E-state index contributed by atoms with van der Waals surface area (Å²) in [4.78, 5) is 13.9. The lowest BCUT2D eigenvalue weighted by molar-refractivity contribution is 0.101. The molecule has 15 heavy (non-hydrogen) atoms. The average Bonchev–Trinajstić information content (AvgIpc) is 2.71. The largest absolute Gasteiger partial charge is 0.458 e. The van der Waals surface area contributed by atoms with Gasteiger partial charge >= 0.3 is 0 Å². The molecule has 0 N–H and O–H groups in total. The topological polar surface area (TPSA) is 30.2 Å². The highest BCUT2D eigenvalue weighted by Crippen LogP contribution is 2.24. The number of rotatable bonds is 2. The van der Waals surface area contributed by atoms with Crippen molar-refractivity contribution in [2.45, 2.75) is 20.8 Å². The molecule has 2 nitrogen and oxygen atoms in total. The Balaban J connectivity index is 2.40. The maximum atomic E-state index is 12.0. The molecule has 0 unspecified atom stereocenters. The van der Waals surface area contributed by atoms with Gasteiger partial charge in [0.2, 0.25) is 5.78 Å². The molecule has 0 aliphatic heterocycles. The Morgan fingerprint density at radius 1 is 1.27 bits per heavy atom. The van der Waals surface area contributed by atoms with Crippen molar-refractivity contribution in [3.63, 3.8) is 0 Å². The first-order valence-electron chi connectivity index (χ1n) is 4.76. The van der Waals surface area contributed by atoms with E-state index in [1.54, 1.807) is 6.07 Å². The smallest absolute Gasteiger partial charge is 0.238 e. The van der Waals surface area contributed by atoms with Crippen molar-refractivity contribution in [3.05, 3.63) is 45.0 Å². The van der Waals surface area contributed by atoms with Gasteiger partial charge in [-0.25, -0.2) is 0 Å². The average molecular weight is 220 g/mol. The van der Waals surface area contributed by atoms with E-state index in [1.807, 2.05) is 32.9 Å². The fourth-order valence-electron chi connectivity index (χ4n) is 1.54. The van der Waals surface area contributed by atoms with Crippen LogP contribution in [0.2, 0.25) is 0 Å². The molecule has 0 aromatic carbocycles. The van der Waals surface area contributed by atoms with E-state index >= 15 is 0 Å². The van der Waals surface area contributed by atoms with Crippen LogP contribution in [0.3, 0.4) is 0 Å². The van der Waals surface area contributed by atoms with Crippen molar-refractivity contribution < 1.29 is 9.21 Å². The summed E-state index contributed by atoms with van der Waals surface area (Å²) in [6.07, 6.45) is 0. The van der Waals surface area contributed by atoms with Crippen LogP contribution in [-0.4, -0.2) is 5.78 Å². The minimum Gasteiger partial charge on any atom is -0.458 e. The normalized spacial score (nSPS) is 10.6. The van der Waals surface area contributed by atoms with E-state index in [9.17, 15) is 4.79 Å². The van der Waals surface area contributed by atoms with Gasteiger partial charge in [-0.3, -0.25) is 4.79 Å². The number of hydrogen-bond donors (Lipinski definition) is 0. The molecule has 0 spiro atoms. The summed E-state index contributed by atoms with van der Waals surface area (Å²) in [6, 6.07) is 5.56. The zero-order chi connectivity index (χ0) is 11.0. The Bertz CT molecular complexity index is 505. The number of carbonyl (C=O) groups excluding carboxylic acids is 1. The zero-order valence-corrected chi connectivity index (χ0v) is 9.77. The highest BCUT2D eigenvalue weighted by Gasteiger charge is 2.17. The molecular formula is C12H12O2S. The van der Waals surface area contributed by atoms with Gasteiger partial charge in [0.05, 0.1) is 4.88 Å². The quantitative estimate of drug-likeness (QED) is 0.725. The molecule has 2 rings (SSSR count). The van der Waals surface area contributed by atoms with E-state index in [1.165, 1.54) is 11.3 Å². The van der Waals surface area contributed by atoms with Gasteiger partial charge in [0.1, 0.15) is 5.76 Å². The van der Waals surface area contributed by atoms with Gasteiger partial charge in [-0.2, -0.15) is 0 Å². The van der Waals surface area contributed by atoms with Crippen LogP contribution in [0, 0.1) is 20.8 Å². The third kappa shape index (κ3) is 1.88. The summed E-state index contributed by atoms with van der Waals surface area (Å²) in [7, 11) is 0. The van der Waals surface area contributed by atoms with Crippen molar-refractivity contribution in [2.24, 2.45) is 0 Å². The van der Waals surface area contributed by atoms with E-state index in [4.69, 9.17) is 4.42 Å². The summed E-state index contributed by atoms with van der Waals surface area (Å²) in [5.41, 5.74) is 1.02. The summed E-state index contributed by atoms with van der Waals surface area (Å²) >= 11 is 1.52. The minimum absolute atomic E-state index is 0.0151. The number of thiophene rings is 1. The molecule has 2 heterocycles. The molecule has 0 saturated heterocycles. The highest BCUT2D eigenvalue weighted by atomic mass is 32.1. The van der Waals surface area contributed by atoms with Crippen LogP contribution in [0.4, 0.5) is 0 Å². The molecular weight excluding hydrogens is 208 g/mol. The number of carbonyl (C=O) groups is 1. The molecule has 0 aliphatic rings. The van der Waals surface area contributed by atoms with Gasteiger partial charge < -0.3 is 4.42 Å². The fraction of sp³-hybridized carbons (Fsp3) is 0.250. The Morgan fingerprint density at radius 3 is 2.47 bits per heavy atom. The van der Waals surface area contributed by atoms with Crippen molar-refractivity contribution in [1.82, 2.24) is 0 Å². The molecule has 78 valence electrons. The summed E-state index contributed by atoms with van der Waals surface area (Å²) in [5.74, 6) is 1.18. The van der Waals surface area contributed by atoms with Crippen molar-refractivity contribution >= 4 is 17.1 Å². The first-order valence-corrected chi connectivity index (χ1v) is 5.58. The van der Waals surface area contributed by atoms with Crippen LogP contribution in [0.25, 0.3) is 0 Å². The summed E-state index contributed by atoms with van der Waals surface area (Å²) in [6.45, 7) is 5.79. The predicted molar refractivity (Wildman–Crippen MR) is 60.7 cm³/mol. The standard InChI is InChI=1S/C12H12O2S/c1-7-6-9(3)15-12(7)11(13)10-5-4-8(2)14-10/h4-6H,1-3H3. The second kappa shape index (κ2) is 3.66. The van der Waals surface area contributed by atoms with Gasteiger partial charge in [0, 0.05) is 4.88 Å². The van der Waals surface area contributed by atoms with Crippen LogP contribution in [-0.2, 0) is 0 Å². The van der Waals surface area contributed by atoms with Crippen molar-refractivity contribution in [2.75, 3.05) is 0 Å². The second-order valence-electron chi connectivity index (χ2n) is 3.61. The summed E-state index contributed by atoms with van der Waals surface area (Å²) in [5, 5.41) is 0.